The molecule has 1 aromatic heterocycles. The molecule has 4 aromatic rings. The summed E-state index contributed by atoms with van der Waals surface area (Å²) >= 11 is 0. The molecule has 0 radical (unpaired) electrons. The van der Waals surface area contributed by atoms with Crippen LogP contribution in [0.2, 0.25) is 0 Å². The normalized spacial score (nSPS) is 15.9. The Kier molecular flexibility index (Phi) is 6.35. The number of hydrogen-bond donors (Lipinski definition) is 0. The molecule has 1 atom stereocenters. The second-order valence-electron chi connectivity index (χ2n) is 8.97. The average Bonchev–Trinajstić information content (AvgIpc) is 3.43. The van der Waals surface area contributed by atoms with E-state index >= 15 is 0 Å². The summed E-state index contributed by atoms with van der Waals surface area (Å²) < 4.78 is 8.33. The molecule has 3 aromatic carbocycles. The van der Waals surface area contributed by atoms with E-state index in [1.807, 2.05) is 41.3 Å². The number of para-hydroxylation sites is 4. The van der Waals surface area contributed by atoms with Gasteiger partial charge in [0.2, 0.25) is 5.91 Å². The van der Waals surface area contributed by atoms with Crippen LogP contribution in [0.15, 0.2) is 72.8 Å². The largest absolute Gasteiger partial charge is 0.493 e. The molecule has 0 saturated carbocycles. The van der Waals surface area contributed by atoms with Gasteiger partial charge in [0.25, 0.3) is 0 Å². The van der Waals surface area contributed by atoms with Crippen molar-refractivity contribution in [3.8, 4) is 5.75 Å². The first-order valence-electron chi connectivity index (χ1n) is 12.2. The van der Waals surface area contributed by atoms with Gasteiger partial charge in [0.05, 0.1) is 17.6 Å². The summed E-state index contributed by atoms with van der Waals surface area (Å²) in [7, 11) is 0. The highest BCUT2D eigenvalue weighted by Crippen LogP contribution is 2.34. The molecule has 1 aliphatic heterocycles. The standard InChI is InChI=1S/C29H31N3O2/c1-3-22-12-5-7-14-25(22)32-20-23(19-28(32)33)29-30-24-13-6-8-15-26(24)31(29)17-10-18-34-27-16-9-4-11-21(27)2/h4-9,11-16,23H,3,10,17-20H2,1-2H3/t23-/m0/s1. The molecular weight excluding hydrogens is 422 g/mol. The summed E-state index contributed by atoms with van der Waals surface area (Å²) in [5.41, 5.74) is 5.49. The Labute approximate surface area is 201 Å². The number of imidazole rings is 1. The van der Waals surface area contributed by atoms with E-state index in [1.54, 1.807) is 0 Å². The molecule has 1 aliphatic rings. The summed E-state index contributed by atoms with van der Waals surface area (Å²) in [5, 5.41) is 0. The number of aryl methyl sites for hydroxylation is 3. The third-order valence-electron chi connectivity index (χ3n) is 6.71. The molecule has 1 amide bonds. The van der Waals surface area contributed by atoms with Crippen molar-refractivity contribution in [3.63, 3.8) is 0 Å². The van der Waals surface area contributed by atoms with Crippen LogP contribution in [0.4, 0.5) is 5.69 Å². The van der Waals surface area contributed by atoms with Gasteiger partial charge in [-0.2, -0.15) is 0 Å². The van der Waals surface area contributed by atoms with Crippen LogP contribution in [0.25, 0.3) is 11.0 Å². The number of carbonyl (C=O) groups is 1. The minimum absolute atomic E-state index is 0.0714. The zero-order valence-corrected chi connectivity index (χ0v) is 19.9. The molecule has 5 heteroatoms. The molecule has 0 bridgehead atoms. The van der Waals surface area contributed by atoms with Gasteiger partial charge in [-0.05, 0) is 55.2 Å². The lowest BCUT2D eigenvalue weighted by molar-refractivity contribution is -0.117. The summed E-state index contributed by atoms with van der Waals surface area (Å²) in [6.45, 7) is 6.30. The summed E-state index contributed by atoms with van der Waals surface area (Å²) in [6, 6.07) is 24.6. The topological polar surface area (TPSA) is 47.4 Å². The highest BCUT2D eigenvalue weighted by Gasteiger charge is 2.35. The Morgan fingerprint density at radius 2 is 1.76 bits per heavy atom. The van der Waals surface area contributed by atoms with E-state index in [2.05, 4.69) is 54.8 Å². The molecule has 0 unspecified atom stereocenters. The van der Waals surface area contributed by atoms with Gasteiger partial charge in [0.1, 0.15) is 11.6 Å². The first-order valence-corrected chi connectivity index (χ1v) is 12.2. The number of fused-ring (bicyclic) bond motifs is 1. The molecule has 0 spiro atoms. The summed E-state index contributed by atoms with van der Waals surface area (Å²) in [5.74, 6) is 2.18. The number of aromatic nitrogens is 2. The van der Waals surface area contributed by atoms with Crippen molar-refractivity contribution < 1.29 is 9.53 Å². The maximum atomic E-state index is 13.1. The minimum atomic E-state index is 0.0714. The van der Waals surface area contributed by atoms with Gasteiger partial charge in [-0.25, -0.2) is 4.98 Å². The van der Waals surface area contributed by atoms with Gasteiger partial charge in [-0.15, -0.1) is 0 Å². The number of carbonyl (C=O) groups excluding carboxylic acids is 1. The molecule has 34 heavy (non-hydrogen) atoms. The van der Waals surface area contributed by atoms with E-state index in [0.29, 0.717) is 19.6 Å². The number of hydrogen-bond acceptors (Lipinski definition) is 3. The van der Waals surface area contributed by atoms with E-state index in [1.165, 1.54) is 5.56 Å². The summed E-state index contributed by atoms with van der Waals surface area (Å²) in [4.78, 5) is 20.0. The molecule has 5 nitrogen and oxygen atoms in total. The monoisotopic (exact) mass is 453 g/mol. The van der Waals surface area contributed by atoms with Crippen molar-refractivity contribution in [2.45, 2.75) is 45.6 Å². The van der Waals surface area contributed by atoms with E-state index in [4.69, 9.17) is 9.72 Å². The lowest BCUT2D eigenvalue weighted by atomic mass is 10.1. The lowest BCUT2D eigenvalue weighted by Crippen LogP contribution is -2.25. The van der Waals surface area contributed by atoms with Crippen molar-refractivity contribution in [2.75, 3.05) is 18.1 Å². The van der Waals surface area contributed by atoms with Crippen molar-refractivity contribution >= 4 is 22.6 Å². The number of anilines is 1. The van der Waals surface area contributed by atoms with Crippen molar-refractivity contribution in [2.24, 2.45) is 0 Å². The Hall–Kier alpha value is -3.60. The van der Waals surface area contributed by atoms with Crippen molar-refractivity contribution in [3.05, 3.63) is 89.7 Å². The number of amides is 1. The smallest absolute Gasteiger partial charge is 0.227 e. The first kappa shape index (κ1) is 22.2. The lowest BCUT2D eigenvalue weighted by Gasteiger charge is -2.20. The Morgan fingerprint density at radius 1 is 1.00 bits per heavy atom. The zero-order valence-electron chi connectivity index (χ0n) is 19.9. The zero-order chi connectivity index (χ0) is 23.5. The maximum absolute atomic E-state index is 13.1. The SMILES string of the molecule is CCc1ccccc1N1C[C@@H](c2nc3ccccc3n2CCCOc2ccccc2C)CC1=O. The highest BCUT2D eigenvalue weighted by atomic mass is 16.5. The van der Waals surface area contributed by atoms with E-state index < -0.39 is 0 Å². The van der Waals surface area contributed by atoms with Crippen LogP contribution in [0, 0.1) is 6.92 Å². The Morgan fingerprint density at radius 3 is 2.62 bits per heavy atom. The maximum Gasteiger partial charge on any atom is 0.227 e. The third kappa shape index (κ3) is 4.30. The molecular formula is C29H31N3O2. The van der Waals surface area contributed by atoms with Gasteiger partial charge in [-0.3, -0.25) is 4.79 Å². The van der Waals surface area contributed by atoms with E-state index in [9.17, 15) is 4.79 Å². The third-order valence-corrected chi connectivity index (χ3v) is 6.71. The fourth-order valence-electron chi connectivity index (χ4n) is 4.95. The Balaban J connectivity index is 1.37. The fraction of sp³-hybridized carbons (Fsp3) is 0.310. The Bertz CT molecular complexity index is 1310. The van der Waals surface area contributed by atoms with Gasteiger partial charge in [0, 0.05) is 31.1 Å². The highest BCUT2D eigenvalue weighted by molar-refractivity contribution is 5.97. The predicted octanol–water partition coefficient (Wildman–Crippen LogP) is 5.90. The van der Waals surface area contributed by atoms with Gasteiger partial charge >= 0.3 is 0 Å². The van der Waals surface area contributed by atoms with Crippen LogP contribution in [-0.4, -0.2) is 28.6 Å². The number of ether oxygens (including phenoxy) is 1. The minimum Gasteiger partial charge on any atom is -0.493 e. The molecule has 1 fully saturated rings. The molecule has 174 valence electrons. The van der Waals surface area contributed by atoms with Crippen LogP contribution >= 0.6 is 0 Å². The molecule has 5 rings (SSSR count). The van der Waals surface area contributed by atoms with Gasteiger partial charge < -0.3 is 14.2 Å². The van der Waals surface area contributed by atoms with Crippen LogP contribution in [0.5, 0.6) is 5.75 Å². The van der Waals surface area contributed by atoms with Crippen LogP contribution < -0.4 is 9.64 Å². The van der Waals surface area contributed by atoms with Gasteiger partial charge in [0.15, 0.2) is 0 Å². The molecule has 1 saturated heterocycles. The van der Waals surface area contributed by atoms with E-state index in [0.717, 1.165) is 53.2 Å². The fourth-order valence-corrected chi connectivity index (χ4v) is 4.95. The molecule has 0 aliphatic carbocycles. The van der Waals surface area contributed by atoms with E-state index in [-0.39, 0.29) is 11.8 Å². The second-order valence-corrected chi connectivity index (χ2v) is 8.97. The van der Waals surface area contributed by atoms with Crippen LogP contribution in [-0.2, 0) is 17.8 Å². The van der Waals surface area contributed by atoms with Gasteiger partial charge in [-0.1, -0.05) is 55.5 Å². The number of benzene rings is 3. The average molecular weight is 454 g/mol. The van der Waals surface area contributed by atoms with Crippen molar-refractivity contribution in [1.82, 2.24) is 9.55 Å². The van der Waals surface area contributed by atoms with Crippen molar-refractivity contribution in [1.29, 1.82) is 0 Å². The first-order chi connectivity index (χ1) is 16.7. The number of nitrogens with zero attached hydrogens (tertiary/aromatic N) is 3. The summed E-state index contributed by atoms with van der Waals surface area (Å²) in [6.07, 6.45) is 2.26. The second kappa shape index (κ2) is 9.72. The quantitative estimate of drug-likeness (QED) is 0.312. The molecule has 0 N–H and O–H groups in total. The van der Waals surface area contributed by atoms with Crippen LogP contribution in [0.3, 0.4) is 0 Å². The van der Waals surface area contributed by atoms with Crippen LogP contribution in [0.1, 0.15) is 42.6 Å². The predicted molar refractivity (Wildman–Crippen MR) is 137 cm³/mol. The molecule has 2 heterocycles. The number of rotatable bonds is 8.